The smallest absolute Gasteiger partial charge is 0.164 e. The second kappa shape index (κ2) is 15.0. The molecule has 14 rings (SSSR count). The lowest BCUT2D eigenvalue weighted by Gasteiger charge is -2.31. The lowest BCUT2D eigenvalue weighted by molar-refractivity contribution is 0.669. The van der Waals surface area contributed by atoms with Crippen molar-refractivity contribution in [1.82, 2.24) is 24.9 Å². The molecule has 9 aromatic carbocycles. The number of fused-ring (bicyclic) bond motifs is 14. The van der Waals surface area contributed by atoms with Gasteiger partial charge >= 0.3 is 0 Å². The first-order valence-electron chi connectivity index (χ1n) is 22.9. The molecule has 1 unspecified atom stereocenters. The van der Waals surface area contributed by atoms with Gasteiger partial charge in [0, 0.05) is 49.7 Å². The van der Waals surface area contributed by atoms with Crippen molar-refractivity contribution < 1.29 is 4.42 Å². The van der Waals surface area contributed by atoms with Crippen LogP contribution in [0, 0.1) is 0 Å². The molecule has 6 nitrogen and oxygen atoms in total. The molecule has 3 aromatic heterocycles. The van der Waals surface area contributed by atoms with E-state index >= 15 is 0 Å². The highest BCUT2D eigenvalue weighted by Crippen LogP contribution is 2.65. The van der Waals surface area contributed by atoms with Crippen LogP contribution < -0.4 is 0 Å². The molecular weight excluding hydrogens is 831 g/mol. The minimum Gasteiger partial charge on any atom is -0.455 e. The first-order valence-corrected chi connectivity index (χ1v) is 22.9. The largest absolute Gasteiger partial charge is 0.455 e. The summed E-state index contributed by atoms with van der Waals surface area (Å²) in [6, 6.07) is 78.5. The van der Waals surface area contributed by atoms with E-state index in [0.717, 1.165) is 89.0 Å². The third kappa shape index (κ3) is 5.74. The van der Waals surface area contributed by atoms with Crippen LogP contribution in [-0.2, 0) is 5.41 Å². The molecule has 0 aliphatic heterocycles. The van der Waals surface area contributed by atoms with E-state index in [2.05, 4.69) is 133 Å². The molecule has 0 fully saturated rings. The zero-order chi connectivity index (χ0) is 44.8. The summed E-state index contributed by atoms with van der Waals surface area (Å²) in [6.07, 6.45) is 0. The molecule has 1 atom stereocenters. The van der Waals surface area contributed by atoms with Gasteiger partial charge in [-0.1, -0.05) is 200 Å². The molecule has 0 saturated heterocycles. The Balaban J connectivity index is 1.05. The van der Waals surface area contributed by atoms with Crippen LogP contribution >= 0.6 is 0 Å². The van der Waals surface area contributed by atoms with Gasteiger partial charge in [-0.2, -0.15) is 0 Å². The van der Waals surface area contributed by atoms with Gasteiger partial charge in [-0.15, -0.1) is 0 Å². The van der Waals surface area contributed by atoms with Crippen LogP contribution in [0.3, 0.4) is 0 Å². The van der Waals surface area contributed by atoms with Crippen molar-refractivity contribution in [2.75, 3.05) is 0 Å². The van der Waals surface area contributed by atoms with E-state index in [1.54, 1.807) is 0 Å². The number of furan rings is 1. The lowest BCUT2D eigenvalue weighted by Crippen LogP contribution is -2.26. The maximum Gasteiger partial charge on any atom is 0.164 e. The first kappa shape index (κ1) is 38.2. The van der Waals surface area contributed by atoms with Gasteiger partial charge in [0.25, 0.3) is 0 Å². The molecule has 3 heterocycles. The summed E-state index contributed by atoms with van der Waals surface area (Å²) in [5.41, 5.74) is 17.7. The quantitative estimate of drug-likeness (QED) is 0.166. The van der Waals surface area contributed by atoms with E-state index in [-0.39, 0.29) is 0 Å². The number of hydrogen-bond acceptors (Lipinski definition) is 6. The van der Waals surface area contributed by atoms with Crippen molar-refractivity contribution in [1.29, 1.82) is 0 Å². The summed E-state index contributed by atoms with van der Waals surface area (Å²) in [6.45, 7) is 0. The first-order chi connectivity index (χ1) is 33.7. The molecule has 2 aliphatic carbocycles. The Kier molecular flexibility index (Phi) is 8.39. The van der Waals surface area contributed by atoms with Crippen molar-refractivity contribution in [2.24, 2.45) is 0 Å². The van der Waals surface area contributed by atoms with Gasteiger partial charge in [-0.05, 0) is 63.2 Å². The van der Waals surface area contributed by atoms with Gasteiger partial charge in [-0.3, -0.25) is 0 Å². The highest BCUT2D eigenvalue weighted by Gasteiger charge is 2.53. The van der Waals surface area contributed by atoms with Gasteiger partial charge in [-0.25, -0.2) is 24.9 Å². The molecule has 68 heavy (non-hydrogen) atoms. The van der Waals surface area contributed by atoms with Crippen LogP contribution in [0.25, 0.3) is 112 Å². The summed E-state index contributed by atoms with van der Waals surface area (Å²) < 4.78 is 6.93. The SMILES string of the molecule is c1ccc(-c2cc(-c3ccc4c(c3)C3(c5ccccc5-c5ccc(-c6nc(-c7ccccc7)nc(-c7ccccc7)n6)cc53)c3ccc5c(oc6ccccc65)c3-4)nc(-c3ccccc3)n2)cc1. The number of rotatable bonds is 6. The highest BCUT2D eigenvalue weighted by molar-refractivity contribution is 6.13. The number of hydrogen-bond donors (Lipinski definition) is 0. The number of nitrogens with zero attached hydrogens (tertiary/aromatic N) is 5. The molecular formula is C62H37N5O. The maximum atomic E-state index is 6.93. The fraction of sp³-hybridized carbons (Fsp3) is 0.0161. The topological polar surface area (TPSA) is 77.6 Å². The van der Waals surface area contributed by atoms with Crippen molar-refractivity contribution in [3.63, 3.8) is 0 Å². The predicted molar refractivity (Wildman–Crippen MR) is 272 cm³/mol. The van der Waals surface area contributed by atoms with Crippen LogP contribution in [0.2, 0.25) is 0 Å². The second-order valence-electron chi connectivity index (χ2n) is 17.5. The molecule has 6 heteroatoms. The van der Waals surface area contributed by atoms with E-state index in [1.165, 1.54) is 22.3 Å². The Labute approximate surface area is 392 Å². The predicted octanol–water partition coefficient (Wildman–Crippen LogP) is 14.9. The number of para-hydroxylation sites is 1. The zero-order valence-corrected chi connectivity index (χ0v) is 36.5. The van der Waals surface area contributed by atoms with E-state index in [1.807, 2.05) is 91.0 Å². The molecule has 0 radical (unpaired) electrons. The molecule has 316 valence electrons. The molecule has 1 spiro atoms. The minimum absolute atomic E-state index is 0.606. The van der Waals surface area contributed by atoms with Crippen molar-refractivity contribution in [3.05, 3.63) is 247 Å². The summed E-state index contributed by atoms with van der Waals surface area (Å²) in [7, 11) is 0. The zero-order valence-electron chi connectivity index (χ0n) is 36.5. The van der Waals surface area contributed by atoms with Gasteiger partial charge in [0.1, 0.15) is 11.2 Å². The normalized spacial score (nSPS) is 14.2. The van der Waals surface area contributed by atoms with E-state index in [4.69, 9.17) is 29.3 Å². The Morgan fingerprint density at radius 3 is 1.46 bits per heavy atom. The Bertz CT molecular complexity index is 3850. The molecule has 12 aromatic rings. The van der Waals surface area contributed by atoms with Crippen LogP contribution in [-0.4, -0.2) is 24.9 Å². The van der Waals surface area contributed by atoms with Crippen LogP contribution in [0.5, 0.6) is 0 Å². The van der Waals surface area contributed by atoms with Crippen LogP contribution in [0.1, 0.15) is 22.3 Å². The average molecular weight is 868 g/mol. The lowest BCUT2D eigenvalue weighted by atomic mass is 9.70. The van der Waals surface area contributed by atoms with Crippen molar-refractivity contribution in [3.8, 4) is 90.3 Å². The summed E-state index contributed by atoms with van der Waals surface area (Å²) in [5.74, 6) is 2.52. The average Bonchev–Trinajstić information content (AvgIpc) is 4.05. The third-order valence-electron chi connectivity index (χ3n) is 13.8. The standard InChI is InChI=1S/C62H37N5O/c1-5-17-38(18-6-1)53-37-54(64-58(63-53)39-19-7-2-8-20-39)42-29-32-48-52(35-42)62(50-34-33-47-46-26-14-16-28-55(46)68-57(47)56(48)50)49-27-15-13-25-44(49)45-31-30-43(36-51(45)62)61-66-59(40-21-9-3-10-22-40)65-60(67-61)41-23-11-4-12-24-41/h1-37H. The van der Waals surface area contributed by atoms with Gasteiger partial charge in [0.15, 0.2) is 23.3 Å². The van der Waals surface area contributed by atoms with E-state index in [9.17, 15) is 0 Å². The van der Waals surface area contributed by atoms with Gasteiger partial charge in [0.2, 0.25) is 0 Å². The second-order valence-corrected chi connectivity index (χ2v) is 17.5. The van der Waals surface area contributed by atoms with Crippen LogP contribution in [0.15, 0.2) is 229 Å². The van der Waals surface area contributed by atoms with E-state index in [0.29, 0.717) is 23.3 Å². The molecule has 0 saturated carbocycles. The molecule has 0 N–H and O–H groups in total. The minimum atomic E-state index is -0.745. The maximum absolute atomic E-state index is 6.93. The van der Waals surface area contributed by atoms with E-state index < -0.39 is 5.41 Å². The summed E-state index contributed by atoms with van der Waals surface area (Å²) >= 11 is 0. The molecule has 0 bridgehead atoms. The monoisotopic (exact) mass is 867 g/mol. The van der Waals surface area contributed by atoms with Crippen LogP contribution in [0.4, 0.5) is 0 Å². The van der Waals surface area contributed by atoms with Crippen molar-refractivity contribution in [2.45, 2.75) is 5.41 Å². The Morgan fingerprint density at radius 2 is 0.779 bits per heavy atom. The fourth-order valence-corrected chi connectivity index (χ4v) is 10.8. The summed E-state index contributed by atoms with van der Waals surface area (Å²) in [5, 5.41) is 2.19. The highest BCUT2D eigenvalue weighted by atomic mass is 16.3. The summed E-state index contributed by atoms with van der Waals surface area (Å²) in [4.78, 5) is 25.9. The fourth-order valence-electron chi connectivity index (χ4n) is 10.8. The number of benzene rings is 9. The van der Waals surface area contributed by atoms with Crippen molar-refractivity contribution >= 4 is 21.9 Å². The van der Waals surface area contributed by atoms with Gasteiger partial charge < -0.3 is 4.42 Å². The molecule has 2 aliphatic rings. The Morgan fingerprint density at radius 1 is 0.294 bits per heavy atom. The molecule has 0 amide bonds. The third-order valence-corrected chi connectivity index (χ3v) is 13.8. The Hall–Kier alpha value is -9.13. The number of aromatic nitrogens is 5. The van der Waals surface area contributed by atoms with Gasteiger partial charge in [0.05, 0.1) is 16.8 Å².